The smallest absolute Gasteiger partial charge is 0.374 e. The SMILES string of the molecule is COc1ccc2c(c1-c1cc(C(=O)O)on1)COCO2. The summed E-state index contributed by atoms with van der Waals surface area (Å²) in [6.45, 7) is 0.509. The van der Waals surface area contributed by atoms with Gasteiger partial charge in [0.25, 0.3) is 0 Å². The summed E-state index contributed by atoms with van der Waals surface area (Å²) in [6.07, 6.45) is 0. The number of hydrogen-bond donors (Lipinski definition) is 1. The predicted molar refractivity (Wildman–Crippen MR) is 65.7 cm³/mol. The van der Waals surface area contributed by atoms with Gasteiger partial charge in [-0.25, -0.2) is 4.79 Å². The number of benzene rings is 1. The van der Waals surface area contributed by atoms with E-state index in [1.54, 1.807) is 12.1 Å². The molecule has 7 heteroatoms. The fourth-order valence-corrected chi connectivity index (χ4v) is 2.08. The number of ether oxygens (including phenoxy) is 3. The monoisotopic (exact) mass is 277 g/mol. The molecular formula is C13H11NO6. The summed E-state index contributed by atoms with van der Waals surface area (Å²) in [5.41, 5.74) is 1.73. The quantitative estimate of drug-likeness (QED) is 0.916. The zero-order valence-electron chi connectivity index (χ0n) is 10.6. The Hall–Kier alpha value is -2.54. The minimum absolute atomic E-state index is 0.179. The third-order valence-corrected chi connectivity index (χ3v) is 2.97. The summed E-state index contributed by atoms with van der Waals surface area (Å²) < 4.78 is 20.7. The number of aromatic nitrogens is 1. The molecule has 1 N–H and O–H groups in total. The van der Waals surface area contributed by atoms with E-state index < -0.39 is 5.97 Å². The van der Waals surface area contributed by atoms with Crippen LogP contribution in [-0.4, -0.2) is 30.1 Å². The maximum Gasteiger partial charge on any atom is 0.374 e. The Balaban J connectivity index is 2.17. The minimum Gasteiger partial charge on any atom is -0.496 e. The van der Waals surface area contributed by atoms with Gasteiger partial charge in [-0.1, -0.05) is 5.16 Å². The molecule has 20 heavy (non-hydrogen) atoms. The van der Waals surface area contributed by atoms with Crippen LogP contribution >= 0.6 is 0 Å². The Morgan fingerprint density at radius 1 is 1.45 bits per heavy atom. The van der Waals surface area contributed by atoms with Crippen LogP contribution < -0.4 is 9.47 Å². The molecule has 0 bridgehead atoms. The fraction of sp³-hybridized carbons (Fsp3) is 0.231. The highest BCUT2D eigenvalue weighted by molar-refractivity contribution is 5.86. The van der Waals surface area contributed by atoms with Crippen LogP contribution in [0.4, 0.5) is 0 Å². The third kappa shape index (κ3) is 1.97. The standard InChI is InChI=1S/C13H11NO6/c1-17-10-3-2-9-7(5-18-6-19-9)12(10)8-4-11(13(15)16)20-14-8/h2-4H,5-6H2,1H3,(H,15,16). The van der Waals surface area contributed by atoms with Crippen molar-refractivity contribution in [3.63, 3.8) is 0 Å². The summed E-state index contributed by atoms with van der Waals surface area (Å²) in [7, 11) is 1.52. The van der Waals surface area contributed by atoms with Crippen molar-refractivity contribution in [2.75, 3.05) is 13.9 Å². The third-order valence-electron chi connectivity index (χ3n) is 2.97. The normalized spacial score (nSPS) is 13.4. The Bertz CT molecular complexity index is 663. The average Bonchev–Trinajstić information content (AvgIpc) is 2.95. The Labute approximate surface area is 113 Å². The highest BCUT2D eigenvalue weighted by Gasteiger charge is 2.23. The zero-order valence-corrected chi connectivity index (χ0v) is 10.6. The molecule has 0 saturated carbocycles. The first-order valence-electron chi connectivity index (χ1n) is 5.81. The number of carboxylic acid groups (broad SMARTS) is 1. The summed E-state index contributed by atoms with van der Waals surface area (Å²) in [4.78, 5) is 10.9. The molecule has 104 valence electrons. The largest absolute Gasteiger partial charge is 0.496 e. The lowest BCUT2D eigenvalue weighted by atomic mass is 10.0. The number of fused-ring (bicyclic) bond motifs is 1. The van der Waals surface area contributed by atoms with Gasteiger partial charge in [0.05, 0.1) is 19.3 Å². The zero-order chi connectivity index (χ0) is 14.1. The van der Waals surface area contributed by atoms with Crippen molar-refractivity contribution in [2.45, 2.75) is 6.61 Å². The van der Waals surface area contributed by atoms with E-state index in [-0.39, 0.29) is 12.6 Å². The summed E-state index contributed by atoms with van der Waals surface area (Å²) in [5, 5.41) is 12.7. The molecule has 0 aliphatic carbocycles. The molecule has 1 aliphatic rings. The Morgan fingerprint density at radius 2 is 2.30 bits per heavy atom. The molecule has 0 atom stereocenters. The number of rotatable bonds is 3. The van der Waals surface area contributed by atoms with Gasteiger partial charge in [0, 0.05) is 11.6 Å². The topological polar surface area (TPSA) is 91.0 Å². The highest BCUT2D eigenvalue weighted by Crippen LogP contribution is 2.40. The van der Waals surface area contributed by atoms with E-state index >= 15 is 0 Å². The van der Waals surface area contributed by atoms with Crippen LogP contribution in [0.3, 0.4) is 0 Å². The van der Waals surface area contributed by atoms with Crippen LogP contribution in [0.5, 0.6) is 11.5 Å². The van der Waals surface area contributed by atoms with Crippen molar-refractivity contribution in [2.24, 2.45) is 0 Å². The van der Waals surface area contributed by atoms with Gasteiger partial charge in [0.15, 0.2) is 6.79 Å². The number of methoxy groups -OCH3 is 1. The second-order valence-electron chi connectivity index (χ2n) is 4.11. The van der Waals surface area contributed by atoms with Gasteiger partial charge in [-0.05, 0) is 12.1 Å². The Morgan fingerprint density at radius 3 is 3.00 bits per heavy atom. The van der Waals surface area contributed by atoms with E-state index in [9.17, 15) is 4.79 Å². The molecule has 1 aliphatic heterocycles. The summed E-state index contributed by atoms with van der Waals surface area (Å²) in [5.74, 6) is -0.215. The van der Waals surface area contributed by atoms with Gasteiger partial charge in [0.1, 0.15) is 17.2 Å². The van der Waals surface area contributed by atoms with E-state index in [0.29, 0.717) is 29.4 Å². The second kappa shape index (κ2) is 4.86. The molecule has 2 aromatic rings. The van der Waals surface area contributed by atoms with Crippen molar-refractivity contribution < 1.29 is 28.6 Å². The minimum atomic E-state index is -1.18. The van der Waals surface area contributed by atoms with Gasteiger partial charge in [-0.15, -0.1) is 0 Å². The molecule has 0 amide bonds. The molecule has 0 unspecified atom stereocenters. The first-order valence-corrected chi connectivity index (χ1v) is 5.81. The van der Waals surface area contributed by atoms with Gasteiger partial charge in [0.2, 0.25) is 5.76 Å². The maximum absolute atomic E-state index is 10.9. The van der Waals surface area contributed by atoms with Crippen LogP contribution in [0.25, 0.3) is 11.3 Å². The van der Waals surface area contributed by atoms with Crippen molar-refractivity contribution >= 4 is 5.97 Å². The van der Waals surface area contributed by atoms with Crippen molar-refractivity contribution in [1.82, 2.24) is 5.16 Å². The van der Waals surface area contributed by atoms with Gasteiger partial charge >= 0.3 is 5.97 Å². The lowest BCUT2D eigenvalue weighted by Gasteiger charge is -2.21. The Kier molecular flexibility index (Phi) is 3.03. The second-order valence-corrected chi connectivity index (χ2v) is 4.11. The number of carbonyl (C=O) groups is 1. The van der Waals surface area contributed by atoms with E-state index in [1.165, 1.54) is 13.2 Å². The van der Waals surface area contributed by atoms with Crippen molar-refractivity contribution in [3.05, 3.63) is 29.5 Å². The first-order chi connectivity index (χ1) is 9.70. The van der Waals surface area contributed by atoms with E-state index in [4.69, 9.17) is 23.8 Å². The molecule has 1 aromatic carbocycles. The fourth-order valence-electron chi connectivity index (χ4n) is 2.08. The van der Waals surface area contributed by atoms with E-state index in [0.717, 1.165) is 5.56 Å². The van der Waals surface area contributed by atoms with E-state index in [2.05, 4.69) is 5.16 Å². The van der Waals surface area contributed by atoms with Crippen LogP contribution in [0.2, 0.25) is 0 Å². The molecule has 1 aromatic heterocycles. The highest BCUT2D eigenvalue weighted by atomic mass is 16.7. The molecule has 2 heterocycles. The molecule has 0 saturated heterocycles. The molecule has 0 radical (unpaired) electrons. The van der Waals surface area contributed by atoms with Crippen molar-refractivity contribution in [1.29, 1.82) is 0 Å². The van der Waals surface area contributed by atoms with Crippen molar-refractivity contribution in [3.8, 4) is 22.8 Å². The maximum atomic E-state index is 10.9. The molecular weight excluding hydrogens is 266 g/mol. The molecule has 0 fully saturated rings. The first kappa shape index (κ1) is 12.5. The summed E-state index contributed by atoms with van der Waals surface area (Å²) in [6, 6.07) is 4.85. The van der Waals surface area contributed by atoms with Crippen LogP contribution in [0, 0.1) is 0 Å². The van der Waals surface area contributed by atoms with E-state index in [1.807, 2.05) is 0 Å². The van der Waals surface area contributed by atoms with Crippen LogP contribution in [-0.2, 0) is 11.3 Å². The molecule has 3 rings (SSSR count). The lowest BCUT2D eigenvalue weighted by Crippen LogP contribution is -2.12. The molecule has 7 nitrogen and oxygen atoms in total. The van der Waals surface area contributed by atoms with Gasteiger partial charge in [-0.3, -0.25) is 0 Å². The number of hydrogen-bond acceptors (Lipinski definition) is 6. The number of carboxylic acids is 1. The number of nitrogens with zero attached hydrogens (tertiary/aromatic N) is 1. The van der Waals surface area contributed by atoms with Crippen LogP contribution in [0.15, 0.2) is 22.7 Å². The number of aromatic carboxylic acids is 1. The average molecular weight is 277 g/mol. The lowest BCUT2D eigenvalue weighted by molar-refractivity contribution is -0.0161. The van der Waals surface area contributed by atoms with Crippen LogP contribution in [0.1, 0.15) is 16.1 Å². The molecule has 0 spiro atoms. The van der Waals surface area contributed by atoms with Gasteiger partial charge < -0.3 is 23.8 Å². The van der Waals surface area contributed by atoms with Gasteiger partial charge in [-0.2, -0.15) is 0 Å². The predicted octanol–water partition coefficient (Wildman–Crippen LogP) is 1.91. The summed E-state index contributed by atoms with van der Waals surface area (Å²) >= 11 is 0.